The van der Waals surface area contributed by atoms with Crippen molar-refractivity contribution in [1.29, 1.82) is 0 Å². The summed E-state index contributed by atoms with van der Waals surface area (Å²) >= 11 is 0. The number of nitrogens with one attached hydrogen (secondary N) is 1. The number of rotatable bonds is 7. The Kier molecular flexibility index (Phi) is 6.32. The van der Waals surface area contributed by atoms with Crippen LogP contribution in [0.4, 0.5) is 5.82 Å². The van der Waals surface area contributed by atoms with Crippen LogP contribution < -0.4 is 21.5 Å². The average Bonchev–Trinajstić information content (AvgIpc) is 3.40. The van der Waals surface area contributed by atoms with Gasteiger partial charge in [0.2, 0.25) is 0 Å². The highest BCUT2D eigenvalue weighted by atomic mass is 16.5. The minimum absolute atomic E-state index is 0.0543. The van der Waals surface area contributed by atoms with Gasteiger partial charge < -0.3 is 26.3 Å². The molecule has 9 heteroatoms. The van der Waals surface area contributed by atoms with Crippen LogP contribution in [0.25, 0.3) is 11.3 Å². The number of methoxy groups -OCH3 is 1. The Labute approximate surface area is 191 Å². The molecule has 33 heavy (non-hydrogen) atoms. The molecule has 3 aromatic rings. The van der Waals surface area contributed by atoms with E-state index >= 15 is 0 Å². The summed E-state index contributed by atoms with van der Waals surface area (Å²) in [6, 6.07) is 14.4. The lowest BCUT2D eigenvalue weighted by Crippen LogP contribution is -2.23. The van der Waals surface area contributed by atoms with Crippen LogP contribution >= 0.6 is 0 Å². The number of carbonyl (C=O) groups is 2. The predicted octanol–water partition coefficient (Wildman–Crippen LogP) is 2.52. The van der Waals surface area contributed by atoms with E-state index in [2.05, 4.69) is 10.4 Å². The number of amides is 2. The Morgan fingerprint density at radius 1 is 1.21 bits per heavy atom. The third-order valence-electron chi connectivity index (χ3n) is 5.88. The van der Waals surface area contributed by atoms with Crippen LogP contribution in [-0.2, 0) is 11.3 Å². The number of primary amides is 1. The molecular formula is C24H27N5O4. The third-order valence-corrected chi connectivity index (χ3v) is 5.88. The van der Waals surface area contributed by atoms with E-state index < -0.39 is 5.91 Å². The van der Waals surface area contributed by atoms with E-state index in [-0.39, 0.29) is 29.4 Å². The summed E-state index contributed by atoms with van der Waals surface area (Å²) < 4.78 is 12.5. The fraction of sp³-hybridized carbons (Fsp3) is 0.292. The van der Waals surface area contributed by atoms with Gasteiger partial charge in [-0.3, -0.25) is 9.59 Å². The molecule has 2 amide bonds. The molecule has 2 heterocycles. The average molecular weight is 450 g/mol. The number of nitrogens with two attached hydrogens (primary N) is 2. The summed E-state index contributed by atoms with van der Waals surface area (Å²) in [6.45, 7) is 2.89. The molecule has 1 aromatic heterocycles. The number of para-hydroxylation sites is 1. The predicted molar refractivity (Wildman–Crippen MR) is 124 cm³/mol. The molecule has 5 N–H and O–H groups in total. The second-order valence-corrected chi connectivity index (χ2v) is 7.93. The summed E-state index contributed by atoms with van der Waals surface area (Å²) in [5.41, 5.74) is 14.6. The molecule has 1 aliphatic heterocycles. The normalized spacial score (nSPS) is 17.6. The molecule has 0 bridgehead atoms. The van der Waals surface area contributed by atoms with Crippen molar-refractivity contribution in [2.75, 3.05) is 19.5 Å². The van der Waals surface area contributed by atoms with Gasteiger partial charge in [-0.25, -0.2) is 4.68 Å². The molecule has 0 aliphatic carbocycles. The fourth-order valence-corrected chi connectivity index (χ4v) is 4.08. The molecule has 9 nitrogen and oxygen atoms in total. The van der Waals surface area contributed by atoms with E-state index in [0.29, 0.717) is 35.7 Å². The van der Waals surface area contributed by atoms with Crippen molar-refractivity contribution in [2.24, 2.45) is 5.73 Å². The maximum Gasteiger partial charge on any atom is 0.255 e. The first-order valence-corrected chi connectivity index (χ1v) is 10.7. The molecule has 2 atom stereocenters. The van der Waals surface area contributed by atoms with Crippen LogP contribution in [0.3, 0.4) is 0 Å². The van der Waals surface area contributed by atoms with E-state index in [9.17, 15) is 9.59 Å². The summed E-state index contributed by atoms with van der Waals surface area (Å²) in [6.07, 6.45) is 0.699. The summed E-state index contributed by atoms with van der Waals surface area (Å²) in [4.78, 5) is 24.7. The first-order chi connectivity index (χ1) is 15.9. The van der Waals surface area contributed by atoms with Gasteiger partial charge in [0.15, 0.2) is 0 Å². The highest BCUT2D eigenvalue weighted by Gasteiger charge is 2.31. The Balaban J connectivity index is 1.53. The molecule has 4 rings (SSSR count). The Bertz CT molecular complexity index is 1170. The van der Waals surface area contributed by atoms with Crippen LogP contribution in [0.5, 0.6) is 5.75 Å². The van der Waals surface area contributed by atoms with Crippen molar-refractivity contribution >= 4 is 17.6 Å². The van der Waals surface area contributed by atoms with Crippen molar-refractivity contribution in [1.82, 2.24) is 15.1 Å². The zero-order valence-corrected chi connectivity index (χ0v) is 18.6. The second kappa shape index (κ2) is 9.33. The smallest absolute Gasteiger partial charge is 0.255 e. The molecular weight excluding hydrogens is 422 g/mol. The minimum Gasteiger partial charge on any atom is -0.496 e. The van der Waals surface area contributed by atoms with Gasteiger partial charge in [-0.05, 0) is 31.0 Å². The van der Waals surface area contributed by atoms with Gasteiger partial charge in [-0.1, -0.05) is 36.4 Å². The number of aromatic nitrogens is 2. The van der Waals surface area contributed by atoms with Gasteiger partial charge in [0.25, 0.3) is 11.8 Å². The van der Waals surface area contributed by atoms with Crippen molar-refractivity contribution in [2.45, 2.75) is 32.0 Å². The molecule has 0 spiro atoms. The molecule has 1 aliphatic rings. The van der Waals surface area contributed by atoms with Gasteiger partial charge in [0.1, 0.15) is 22.8 Å². The topological polar surface area (TPSA) is 134 Å². The lowest BCUT2D eigenvalue weighted by molar-refractivity contribution is 0.0946. The fourth-order valence-electron chi connectivity index (χ4n) is 4.08. The largest absolute Gasteiger partial charge is 0.496 e. The van der Waals surface area contributed by atoms with Crippen LogP contribution in [0.15, 0.2) is 48.5 Å². The summed E-state index contributed by atoms with van der Waals surface area (Å²) in [5.74, 6) is -0.104. The number of nitrogens with zero attached hydrogens (tertiary/aromatic N) is 2. The lowest BCUT2D eigenvalue weighted by Gasteiger charge is -2.16. The van der Waals surface area contributed by atoms with Gasteiger partial charge >= 0.3 is 0 Å². The van der Waals surface area contributed by atoms with Crippen molar-refractivity contribution in [3.63, 3.8) is 0 Å². The first kappa shape index (κ1) is 22.3. The monoisotopic (exact) mass is 449 g/mol. The molecule has 1 fully saturated rings. The van der Waals surface area contributed by atoms with E-state index in [4.69, 9.17) is 20.9 Å². The lowest BCUT2D eigenvalue weighted by atomic mass is 10.0. The maximum atomic E-state index is 12.5. The third kappa shape index (κ3) is 4.40. The minimum atomic E-state index is -0.631. The highest BCUT2D eigenvalue weighted by Crippen LogP contribution is 2.34. The van der Waals surface area contributed by atoms with Crippen molar-refractivity contribution < 1.29 is 19.1 Å². The summed E-state index contributed by atoms with van der Waals surface area (Å²) in [7, 11) is 1.53. The number of hydrogen-bond acceptors (Lipinski definition) is 6. The van der Waals surface area contributed by atoms with Crippen LogP contribution in [0.2, 0.25) is 0 Å². The van der Waals surface area contributed by atoms with E-state index in [1.165, 1.54) is 7.11 Å². The SMILES string of the molecule is COc1ccccc1C(=O)NCc1ccc(-c2nn([C@@H]3CCO[C@@H]3C)c(N)c2C(N)=O)cc1. The summed E-state index contributed by atoms with van der Waals surface area (Å²) in [5, 5.41) is 7.51. The van der Waals surface area contributed by atoms with Crippen molar-refractivity contribution in [3.8, 4) is 17.0 Å². The van der Waals surface area contributed by atoms with Crippen molar-refractivity contribution in [3.05, 3.63) is 65.2 Å². The van der Waals surface area contributed by atoms with Gasteiger partial charge in [-0.15, -0.1) is 0 Å². The maximum absolute atomic E-state index is 12.5. The second-order valence-electron chi connectivity index (χ2n) is 7.93. The number of benzene rings is 2. The van der Waals surface area contributed by atoms with E-state index in [1.54, 1.807) is 22.9 Å². The number of anilines is 1. The molecule has 0 unspecified atom stereocenters. The zero-order chi connectivity index (χ0) is 23.5. The number of carbonyl (C=O) groups excluding carboxylic acids is 2. The molecule has 2 aromatic carbocycles. The number of ether oxygens (including phenoxy) is 2. The Hall–Kier alpha value is -3.85. The van der Waals surface area contributed by atoms with Gasteiger partial charge in [0, 0.05) is 18.7 Å². The first-order valence-electron chi connectivity index (χ1n) is 10.7. The van der Waals surface area contributed by atoms with E-state index in [1.807, 2.05) is 37.3 Å². The Morgan fingerprint density at radius 2 is 1.94 bits per heavy atom. The quantitative estimate of drug-likeness (QED) is 0.507. The van der Waals surface area contributed by atoms with E-state index in [0.717, 1.165) is 12.0 Å². The standard InChI is InChI=1S/C24H27N5O4/c1-14-18(11-12-33-14)29-22(25)20(23(26)30)21(28-29)16-9-7-15(8-10-16)13-27-24(31)17-5-3-4-6-19(17)32-2/h3-10,14,18H,11-13,25H2,1-2H3,(H2,26,30)(H,27,31)/t14-,18-/m1/s1. The highest BCUT2D eigenvalue weighted by molar-refractivity contribution is 6.03. The molecule has 172 valence electrons. The van der Waals surface area contributed by atoms with Crippen LogP contribution in [0, 0.1) is 0 Å². The number of nitrogen functional groups attached to an aromatic ring is 1. The van der Waals surface area contributed by atoms with Gasteiger partial charge in [0.05, 0.1) is 24.8 Å². The molecule has 0 radical (unpaired) electrons. The molecule has 0 saturated carbocycles. The zero-order valence-electron chi connectivity index (χ0n) is 18.6. The Morgan fingerprint density at radius 3 is 2.58 bits per heavy atom. The van der Waals surface area contributed by atoms with Crippen LogP contribution in [0.1, 0.15) is 45.7 Å². The number of hydrogen-bond donors (Lipinski definition) is 3. The molecule has 1 saturated heterocycles. The van der Waals surface area contributed by atoms with Gasteiger partial charge in [-0.2, -0.15) is 5.10 Å². The van der Waals surface area contributed by atoms with Crippen LogP contribution in [-0.4, -0.2) is 41.4 Å².